The second-order valence-corrected chi connectivity index (χ2v) is 5.81. The molecule has 3 heteroatoms. The van der Waals surface area contributed by atoms with E-state index in [9.17, 15) is 0 Å². The highest BCUT2D eigenvalue weighted by Gasteiger charge is 2.33. The highest BCUT2D eigenvalue weighted by molar-refractivity contribution is 5.91. The molecule has 0 atom stereocenters. The van der Waals surface area contributed by atoms with Crippen LogP contribution in [-0.4, -0.2) is 24.6 Å². The Morgan fingerprint density at radius 3 is 2.95 bits per heavy atom. The Balaban J connectivity index is 1.83. The number of hydrogen-bond donors (Lipinski definition) is 2. The Kier molecular flexibility index (Phi) is 2.55. The van der Waals surface area contributed by atoms with E-state index in [1.54, 1.807) is 5.56 Å². The number of hydrogen-bond acceptors (Lipinski definition) is 2. The maximum atomic E-state index is 3.64. The summed E-state index contributed by atoms with van der Waals surface area (Å²) in [5, 5.41) is 4.87. The molecule has 2 aromatic rings. The zero-order chi connectivity index (χ0) is 12.8. The summed E-state index contributed by atoms with van der Waals surface area (Å²) in [5.74, 6) is 2.18. The van der Waals surface area contributed by atoms with E-state index in [0.29, 0.717) is 0 Å². The number of H-pyrrole nitrogens is 1. The lowest BCUT2D eigenvalue weighted by Gasteiger charge is -2.40. The molecular formula is C16H21N3. The van der Waals surface area contributed by atoms with E-state index in [0.717, 1.165) is 19.0 Å². The van der Waals surface area contributed by atoms with E-state index in [1.165, 1.54) is 48.2 Å². The van der Waals surface area contributed by atoms with E-state index < -0.39 is 0 Å². The van der Waals surface area contributed by atoms with Crippen molar-refractivity contribution < 1.29 is 0 Å². The average Bonchev–Trinajstić information content (AvgIpc) is 2.87. The Labute approximate surface area is 114 Å². The summed E-state index contributed by atoms with van der Waals surface area (Å²) in [6, 6.07) is 6.88. The number of nitrogens with one attached hydrogen (secondary N) is 2. The standard InChI is InChI=1S/C16H21N3/c1-2-17-10-11-3-4-14-13(9-11)15-12-5-7-19(8-6-12)16(15)18-14/h3-4,9,12,17-18H,2,5-8,10H2,1H3. The summed E-state index contributed by atoms with van der Waals surface area (Å²) in [4.78, 5) is 6.16. The number of rotatable bonds is 3. The lowest BCUT2D eigenvalue weighted by molar-refractivity contribution is 0.475. The largest absolute Gasteiger partial charge is 0.358 e. The number of piperidine rings is 1. The van der Waals surface area contributed by atoms with E-state index in [4.69, 9.17) is 0 Å². The minimum Gasteiger partial charge on any atom is -0.358 e. The SMILES string of the molecule is CCNCc1ccc2[nH]c3c(c2c1)C1CCN3CC1. The molecule has 3 nitrogen and oxygen atoms in total. The van der Waals surface area contributed by atoms with Gasteiger partial charge in [0.05, 0.1) is 0 Å². The second-order valence-electron chi connectivity index (χ2n) is 5.81. The molecule has 0 spiro atoms. The zero-order valence-electron chi connectivity index (χ0n) is 11.5. The zero-order valence-corrected chi connectivity index (χ0v) is 11.5. The number of aromatic nitrogens is 1. The van der Waals surface area contributed by atoms with Crippen LogP contribution in [0.1, 0.15) is 36.8 Å². The highest BCUT2D eigenvalue weighted by Crippen LogP contribution is 2.45. The van der Waals surface area contributed by atoms with E-state index in [1.807, 2.05) is 0 Å². The normalized spacial score (nSPS) is 18.3. The summed E-state index contributed by atoms with van der Waals surface area (Å²) in [6.45, 7) is 6.62. The van der Waals surface area contributed by atoms with Crippen LogP contribution in [-0.2, 0) is 6.54 Å². The third-order valence-electron chi connectivity index (χ3n) is 4.68. The molecule has 2 N–H and O–H groups in total. The van der Waals surface area contributed by atoms with Gasteiger partial charge in [0.25, 0.3) is 0 Å². The fourth-order valence-electron chi connectivity index (χ4n) is 3.68. The molecule has 3 aliphatic heterocycles. The second kappa shape index (κ2) is 4.27. The molecule has 100 valence electrons. The molecule has 1 aromatic carbocycles. The van der Waals surface area contributed by atoms with E-state index in [-0.39, 0.29) is 0 Å². The molecule has 0 unspecified atom stereocenters. The van der Waals surface area contributed by atoms with Crippen molar-refractivity contribution in [3.05, 3.63) is 29.3 Å². The Bertz CT molecular complexity index is 606. The van der Waals surface area contributed by atoms with Gasteiger partial charge in [0, 0.05) is 36.1 Å². The molecule has 1 fully saturated rings. The predicted octanol–water partition coefficient (Wildman–Crippen LogP) is 2.97. The maximum absolute atomic E-state index is 3.64. The first-order valence-corrected chi connectivity index (χ1v) is 7.47. The number of aromatic amines is 1. The maximum Gasteiger partial charge on any atom is 0.110 e. The monoisotopic (exact) mass is 255 g/mol. The average molecular weight is 255 g/mol. The van der Waals surface area contributed by atoms with Crippen LogP contribution in [0.4, 0.5) is 5.82 Å². The predicted molar refractivity (Wildman–Crippen MR) is 79.9 cm³/mol. The van der Waals surface area contributed by atoms with Gasteiger partial charge in [-0.3, -0.25) is 0 Å². The first kappa shape index (κ1) is 11.4. The third kappa shape index (κ3) is 1.68. The van der Waals surface area contributed by atoms with Gasteiger partial charge in [0.2, 0.25) is 0 Å². The summed E-state index contributed by atoms with van der Waals surface area (Å²) in [6.07, 6.45) is 2.66. The van der Waals surface area contributed by atoms with Crippen molar-refractivity contribution in [2.45, 2.75) is 32.2 Å². The topological polar surface area (TPSA) is 31.1 Å². The van der Waals surface area contributed by atoms with Crippen molar-refractivity contribution in [1.29, 1.82) is 0 Å². The van der Waals surface area contributed by atoms with Gasteiger partial charge in [-0.25, -0.2) is 0 Å². The van der Waals surface area contributed by atoms with Crippen molar-refractivity contribution in [3.63, 3.8) is 0 Å². The summed E-state index contributed by atoms with van der Waals surface area (Å²) >= 11 is 0. The van der Waals surface area contributed by atoms with Crippen LogP contribution in [0.2, 0.25) is 0 Å². The van der Waals surface area contributed by atoms with Crippen LogP contribution in [0.5, 0.6) is 0 Å². The van der Waals surface area contributed by atoms with Gasteiger partial charge in [-0.15, -0.1) is 0 Å². The molecular weight excluding hydrogens is 234 g/mol. The van der Waals surface area contributed by atoms with Crippen molar-refractivity contribution in [3.8, 4) is 0 Å². The van der Waals surface area contributed by atoms with Crippen LogP contribution in [0.3, 0.4) is 0 Å². The summed E-state index contributed by atoms with van der Waals surface area (Å²) in [5.41, 5.74) is 4.29. The minimum atomic E-state index is 0.781. The summed E-state index contributed by atoms with van der Waals surface area (Å²) in [7, 11) is 0. The fraction of sp³-hybridized carbons (Fsp3) is 0.500. The molecule has 4 heterocycles. The molecule has 0 saturated carbocycles. The molecule has 1 aromatic heterocycles. The van der Waals surface area contributed by atoms with Crippen molar-refractivity contribution >= 4 is 16.7 Å². The minimum absolute atomic E-state index is 0.781. The first-order valence-electron chi connectivity index (χ1n) is 7.47. The van der Waals surface area contributed by atoms with Crippen LogP contribution in [0.25, 0.3) is 10.9 Å². The number of anilines is 1. The van der Waals surface area contributed by atoms with Gasteiger partial charge in [0.1, 0.15) is 5.82 Å². The van der Waals surface area contributed by atoms with Crippen molar-refractivity contribution in [2.75, 3.05) is 24.5 Å². The van der Waals surface area contributed by atoms with Gasteiger partial charge in [-0.2, -0.15) is 0 Å². The number of nitrogens with zero attached hydrogens (tertiary/aromatic N) is 1. The molecule has 2 bridgehead atoms. The quantitative estimate of drug-likeness (QED) is 0.883. The molecule has 5 rings (SSSR count). The van der Waals surface area contributed by atoms with Crippen molar-refractivity contribution in [1.82, 2.24) is 10.3 Å². The van der Waals surface area contributed by atoms with Gasteiger partial charge in [-0.1, -0.05) is 13.0 Å². The van der Waals surface area contributed by atoms with Crippen LogP contribution < -0.4 is 10.2 Å². The van der Waals surface area contributed by atoms with Crippen LogP contribution >= 0.6 is 0 Å². The van der Waals surface area contributed by atoms with Crippen LogP contribution in [0, 0.1) is 0 Å². The number of benzene rings is 1. The Morgan fingerprint density at radius 1 is 1.32 bits per heavy atom. The van der Waals surface area contributed by atoms with Crippen LogP contribution in [0.15, 0.2) is 18.2 Å². The van der Waals surface area contributed by atoms with E-state index in [2.05, 4.69) is 40.3 Å². The molecule has 0 amide bonds. The van der Waals surface area contributed by atoms with Gasteiger partial charge in [-0.05, 0) is 43.0 Å². The smallest absolute Gasteiger partial charge is 0.110 e. The third-order valence-corrected chi connectivity index (χ3v) is 4.68. The molecule has 0 aliphatic carbocycles. The fourth-order valence-corrected chi connectivity index (χ4v) is 3.68. The number of fused-ring (bicyclic) bond motifs is 3. The van der Waals surface area contributed by atoms with Gasteiger partial charge < -0.3 is 15.2 Å². The lowest BCUT2D eigenvalue weighted by atomic mass is 9.84. The van der Waals surface area contributed by atoms with Gasteiger partial charge in [0.15, 0.2) is 0 Å². The molecule has 1 saturated heterocycles. The molecule has 0 radical (unpaired) electrons. The summed E-state index contributed by atoms with van der Waals surface area (Å²) < 4.78 is 0. The van der Waals surface area contributed by atoms with Gasteiger partial charge >= 0.3 is 0 Å². The first-order chi connectivity index (χ1) is 9.36. The highest BCUT2D eigenvalue weighted by atomic mass is 15.2. The molecule has 3 aliphatic rings. The molecule has 19 heavy (non-hydrogen) atoms. The lowest BCUT2D eigenvalue weighted by Crippen LogP contribution is -2.38. The van der Waals surface area contributed by atoms with Crippen molar-refractivity contribution in [2.24, 2.45) is 0 Å². The Morgan fingerprint density at radius 2 is 2.16 bits per heavy atom. The Hall–Kier alpha value is -1.48. The van der Waals surface area contributed by atoms with E-state index >= 15 is 0 Å².